The topological polar surface area (TPSA) is 87.7 Å². The SMILES string of the molecule is Cc1ccncc1NS(=O)(=O)c1cn[nH]c1. The van der Waals surface area contributed by atoms with Gasteiger partial charge in [-0.05, 0) is 18.6 Å². The maximum Gasteiger partial charge on any atom is 0.265 e. The minimum absolute atomic E-state index is 0.0933. The summed E-state index contributed by atoms with van der Waals surface area (Å²) in [4.78, 5) is 3.95. The van der Waals surface area contributed by atoms with Gasteiger partial charge in [-0.3, -0.25) is 14.8 Å². The van der Waals surface area contributed by atoms with E-state index in [-0.39, 0.29) is 4.90 Å². The number of hydrogen-bond donors (Lipinski definition) is 2. The van der Waals surface area contributed by atoms with Gasteiger partial charge < -0.3 is 0 Å². The van der Waals surface area contributed by atoms with Crippen LogP contribution in [0.2, 0.25) is 0 Å². The van der Waals surface area contributed by atoms with Gasteiger partial charge in [0.05, 0.1) is 18.1 Å². The first-order valence-corrected chi connectivity index (χ1v) is 6.00. The van der Waals surface area contributed by atoms with E-state index in [1.807, 2.05) is 0 Å². The molecule has 0 aromatic carbocycles. The second-order valence-electron chi connectivity index (χ2n) is 3.23. The van der Waals surface area contributed by atoms with Crippen molar-refractivity contribution in [2.75, 3.05) is 4.72 Å². The molecule has 0 atom stereocenters. The molecule has 0 aliphatic carbocycles. The number of rotatable bonds is 3. The second kappa shape index (κ2) is 3.93. The molecule has 0 radical (unpaired) electrons. The van der Waals surface area contributed by atoms with Crippen molar-refractivity contribution >= 4 is 15.7 Å². The van der Waals surface area contributed by atoms with E-state index in [9.17, 15) is 8.42 Å². The van der Waals surface area contributed by atoms with Crippen molar-refractivity contribution in [1.82, 2.24) is 15.2 Å². The standard InChI is InChI=1S/C9H10N4O2S/c1-7-2-3-10-6-9(7)13-16(14,15)8-4-11-12-5-8/h2-6,13H,1H3,(H,11,12). The number of aromatic amines is 1. The molecule has 0 saturated carbocycles. The molecular formula is C9H10N4O2S. The van der Waals surface area contributed by atoms with Crippen LogP contribution in [0.4, 0.5) is 5.69 Å². The number of aromatic nitrogens is 3. The van der Waals surface area contributed by atoms with Crippen molar-refractivity contribution < 1.29 is 8.42 Å². The number of nitrogens with zero attached hydrogens (tertiary/aromatic N) is 2. The van der Waals surface area contributed by atoms with Crippen molar-refractivity contribution in [3.05, 3.63) is 36.4 Å². The predicted octanol–water partition coefficient (Wildman–Crippen LogP) is 0.914. The maximum absolute atomic E-state index is 11.8. The molecule has 2 heterocycles. The molecule has 2 N–H and O–H groups in total. The van der Waals surface area contributed by atoms with Gasteiger partial charge in [0.1, 0.15) is 4.90 Å². The first-order valence-electron chi connectivity index (χ1n) is 4.52. The number of H-pyrrole nitrogens is 1. The van der Waals surface area contributed by atoms with Crippen LogP contribution in [0.1, 0.15) is 5.56 Å². The molecular weight excluding hydrogens is 228 g/mol. The van der Waals surface area contributed by atoms with Crippen molar-refractivity contribution in [3.63, 3.8) is 0 Å². The molecule has 0 spiro atoms. The van der Waals surface area contributed by atoms with E-state index < -0.39 is 10.0 Å². The van der Waals surface area contributed by atoms with Gasteiger partial charge in [-0.1, -0.05) is 0 Å². The van der Waals surface area contributed by atoms with Crippen LogP contribution in [-0.4, -0.2) is 23.6 Å². The zero-order valence-electron chi connectivity index (χ0n) is 8.51. The molecule has 6 nitrogen and oxygen atoms in total. The number of sulfonamides is 1. The van der Waals surface area contributed by atoms with E-state index in [1.54, 1.807) is 19.2 Å². The summed E-state index contributed by atoms with van der Waals surface area (Å²) < 4.78 is 26.1. The van der Waals surface area contributed by atoms with Crippen LogP contribution in [0.25, 0.3) is 0 Å². The fourth-order valence-electron chi connectivity index (χ4n) is 1.16. The van der Waals surface area contributed by atoms with E-state index in [0.717, 1.165) is 5.56 Å². The molecule has 16 heavy (non-hydrogen) atoms. The number of hydrogen-bond acceptors (Lipinski definition) is 4. The second-order valence-corrected chi connectivity index (χ2v) is 4.91. The van der Waals surface area contributed by atoms with Crippen LogP contribution in [0.3, 0.4) is 0 Å². The van der Waals surface area contributed by atoms with E-state index >= 15 is 0 Å². The summed E-state index contributed by atoms with van der Waals surface area (Å²) in [6, 6.07) is 1.73. The lowest BCUT2D eigenvalue weighted by atomic mass is 10.3. The van der Waals surface area contributed by atoms with Crippen LogP contribution < -0.4 is 4.72 Å². The molecule has 0 amide bonds. The lowest BCUT2D eigenvalue weighted by molar-refractivity contribution is 0.601. The Hall–Kier alpha value is -1.89. The Morgan fingerprint density at radius 2 is 2.19 bits per heavy atom. The predicted molar refractivity (Wildman–Crippen MR) is 58.4 cm³/mol. The first kappa shape index (κ1) is 10.6. The van der Waals surface area contributed by atoms with Crippen molar-refractivity contribution in [1.29, 1.82) is 0 Å². The minimum Gasteiger partial charge on any atom is -0.284 e. The Morgan fingerprint density at radius 3 is 2.81 bits per heavy atom. The average Bonchev–Trinajstić information content (AvgIpc) is 2.75. The van der Waals surface area contributed by atoms with E-state index in [2.05, 4.69) is 19.9 Å². The third-order valence-corrected chi connectivity index (χ3v) is 3.40. The summed E-state index contributed by atoms with van der Waals surface area (Å²) in [5, 5.41) is 6.04. The third-order valence-electron chi connectivity index (χ3n) is 2.07. The molecule has 0 aliphatic rings. The zero-order chi connectivity index (χ0) is 11.6. The van der Waals surface area contributed by atoms with Gasteiger partial charge in [0.15, 0.2) is 0 Å². The summed E-state index contributed by atoms with van der Waals surface area (Å²) in [6.07, 6.45) is 5.63. The fourth-order valence-corrected chi connectivity index (χ4v) is 2.18. The molecule has 2 aromatic rings. The monoisotopic (exact) mass is 238 g/mol. The van der Waals surface area contributed by atoms with Crippen molar-refractivity contribution in [2.45, 2.75) is 11.8 Å². The van der Waals surface area contributed by atoms with Crippen molar-refractivity contribution in [2.24, 2.45) is 0 Å². The highest BCUT2D eigenvalue weighted by Crippen LogP contribution is 2.16. The quantitative estimate of drug-likeness (QED) is 0.832. The summed E-state index contributed by atoms with van der Waals surface area (Å²) in [5.74, 6) is 0. The van der Waals surface area contributed by atoms with Gasteiger partial charge in [0.2, 0.25) is 0 Å². The molecule has 84 valence electrons. The number of aryl methyl sites for hydroxylation is 1. The Balaban J connectivity index is 2.33. The van der Waals surface area contributed by atoms with Crippen LogP contribution in [0.5, 0.6) is 0 Å². The van der Waals surface area contributed by atoms with Crippen LogP contribution in [0.15, 0.2) is 35.7 Å². The fraction of sp³-hybridized carbons (Fsp3) is 0.111. The molecule has 0 unspecified atom stereocenters. The highest BCUT2D eigenvalue weighted by Gasteiger charge is 2.15. The van der Waals surface area contributed by atoms with Gasteiger partial charge in [0, 0.05) is 12.4 Å². The molecule has 0 saturated heterocycles. The van der Waals surface area contributed by atoms with Crippen LogP contribution in [0, 0.1) is 6.92 Å². The Kier molecular flexibility index (Phi) is 2.61. The zero-order valence-corrected chi connectivity index (χ0v) is 9.32. The summed E-state index contributed by atoms with van der Waals surface area (Å²) in [7, 11) is -3.58. The van der Waals surface area contributed by atoms with Gasteiger partial charge in [-0.15, -0.1) is 0 Å². The van der Waals surface area contributed by atoms with Gasteiger partial charge >= 0.3 is 0 Å². The first-order chi connectivity index (χ1) is 7.59. The van der Waals surface area contributed by atoms with E-state index in [4.69, 9.17) is 0 Å². The minimum atomic E-state index is -3.58. The summed E-state index contributed by atoms with van der Waals surface area (Å²) in [5.41, 5.74) is 1.27. The van der Waals surface area contributed by atoms with Crippen LogP contribution in [-0.2, 0) is 10.0 Å². The highest BCUT2D eigenvalue weighted by molar-refractivity contribution is 7.92. The van der Waals surface area contributed by atoms with Crippen LogP contribution >= 0.6 is 0 Å². The normalized spacial score (nSPS) is 11.3. The number of nitrogens with one attached hydrogen (secondary N) is 2. The number of anilines is 1. The molecule has 2 aromatic heterocycles. The summed E-state index contributed by atoms with van der Waals surface area (Å²) in [6.45, 7) is 1.80. The third kappa shape index (κ3) is 2.03. The lowest BCUT2D eigenvalue weighted by Crippen LogP contribution is -2.13. The number of pyridine rings is 1. The average molecular weight is 238 g/mol. The Labute approximate surface area is 92.8 Å². The van der Waals surface area contributed by atoms with Crippen molar-refractivity contribution in [3.8, 4) is 0 Å². The van der Waals surface area contributed by atoms with E-state index in [1.165, 1.54) is 18.6 Å². The van der Waals surface area contributed by atoms with Gasteiger partial charge in [0.25, 0.3) is 10.0 Å². The molecule has 2 rings (SSSR count). The lowest BCUT2D eigenvalue weighted by Gasteiger charge is -2.07. The smallest absolute Gasteiger partial charge is 0.265 e. The Morgan fingerprint density at radius 1 is 1.38 bits per heavy atom. The highest BCUT2D eigenvalue weighted by atomic mass is 32.2. The molecule has 0 aliphatic heterocycles. The Bertz CT molecular complexity index is 577. The molecule has 0 fully saturated rings. The molecule has 0 bridgehead atoms. The largest absolute Gasteiger partial charge is 0.284 e. The summed E-state index contributed by atoms with van der Waals surface area (Å²) >= 11 is 0. The van der Waals surface area contributed by atoms with Gasteiger partial charge in [-0.2, -0.15) is 5.10 Å². The van der Waals surface area contributed by atoms with E-state index in [0.29, 0.717) is 5.69 Å². The van der Waals surface area contributed by atoms with Gasteiger partial charge in [-0.25, -0.2) is 8.42 Å². The maximum atomic E-state index is 11.8. The molecule has 7 heteroatoms.